The van der Waals surface area contributed by atoms with Gasteiger partial charge in [0.15, 0.2) is 11.5 Å². The first-order valence-electron chi connectivity index (χ1n) is 7.67. The van der Waals surface area contributed by atoms with Gasteiger partial charge in [0.25, 0.3) is 0 Å². The summed E-state index contributed by atoms with van der Waals surface area (Å²) >= 11 is 3.52. The van der Waals surface area contributed by atoms with Crippen molar-refractivity contribution in [3.63, 3.8) is 0 Å². The predicted octanol–water partition coefficient (Wildman–Crippen LogP) is 2.95. The van der Waals surface area contributed by atoms with E-state index in [4.69, 9.17) is 14.6 Å². The number of halogens is 1. The quantitative estimate of drug-likeness (QED) is 0.853. The molecule has 0 bridgehead atoms. The van der Waals surface area contributed by atoms with Crippen LogP contribution < -0.4 is 14.8 Å². The van der Waals surface area contributed by atoms with E-state index in [0.717, 1.165) is 53.8 Å². The van der Waals surface area contributed by atoms with Crippen molar-refractivity contribution in [3.8, 4) is 11.5 Å². The van der Waals surface area contributed by atoms with Crippen LogP contribution in [0.25, 0.3) is 0 Å². The summed E-state index contributed by atoms with van der Waals surface area (Å²) in [4.78, 5) is 11.0. The molecule has 1 aromatic carbocycles. The summed E-state index contributed by atoms with van der Waals surface area (Å²) in [5.74, 6) is 0.736. The first kappa shape index (κ1) is 15.6. The molecule has 0 spiro atoms. The van der Waals surface area contributed by atoms with Gasteiger partial charge in [0.1, 0.15) is 13.2 Å². The fourth-order valence-electron chi connectivity index (χ4n) is 3.07. The molecular formula is C16H20BrNO4. The lowest BCUT2D eigenvalue weighted by Crippen LogP contribution is -2.34. The number of aliphatic carboxylic acids is 1. The molecule has 22 heavy (non-hydrogen) atoms. The Morgan fingerprint density at radius 3 is 2.68 bits per heavy atom. The van der Waals surface area contributed by atoms with Crippen LogP contribution in [0.3, 0.4) is 0 Å². The normalized spacial score (nSPS) is 24.0. The van der Waals surface area contributed by atoms with Crippen molar-refractivity contribution in [1.82, 2.24) is 5.32 Å². The molecule has 1 heterocycles. The van der Waals surface area contributed by atoms with E-state index in [2.05, 4.69) is 21.2 Å². The molecule has 6 heteroatoms. The molecule has 0 atom stereocenters. The van der Waals surface area contributed by atoms with Crippen molar-refractivity contribution in [2.45, 2.75) is 38.3 Å². The highest BCUT2D eigenvalue weighted by molar-refractivity contribution is 9.10. The third-order valence-corrected chi connectivity index (χ3v) is 4.92. The van der Waals surface area contributed by atoms with Crippen LogP contribution in [0.5, 0.6) is 11.5 Å². The zero-order valence-corrected chi connectivity index (χ0v) is 13.9. The van der Waals surface area contributed by atoms with Gasteiger partial charge in [-0.15, -0.1) is 0 Å². The Bertz CT molecular complexity index is 555. The summed E-state index contributed by atoms with van der Waals surface area (Å²) in [7, 11) is 0. The predicted molar refractivity (Wildman–Crippen MR) is 85.4 cm³/mol. The Hall–Kier alpha value is -1.27. The number of rotatable bonds is 4. The lowest BCUT2D eigenvalue weighted by atomic mass is 9.86. The van der Waals surface area contributed by atoms with Gasteiger partial charge in [0.2, 0.25) is 0 Å². The number of hydrogen-bond acceptors (Lipinski definition) is 4. The van der Waals surface area contributed by atoms with Crippen LogP contribution in [0.2, 0.25) is 0 Å². The molecule has 0 unspecified atom stereocenters. The van der Waals surface area contributed by atoms with E-state index in [-0.39, 0.29) is 5.92 Å². The van der Waals surface area contributed by atoms with Gasteiger partial charge >= 0.3 is 5.97 Å². The molecule has 1 aliphatic carbocycles. The van der Waals surface area contributed by atoms with Gasteiger partial charge in [-0.3, -0.25) is 4.79 Å². The molecule has 1 saturated carbocycles. The van der Waals surface area contributed by atoms with Crippen molar-refractivity contribution in [3.05, 3.63) is 22.2 Å². The molecule has 1 aliphatic heterocycles. The number of ether oxygens (including phenoxy) is 2. The largest absolute Gasteiger partial charge is 0.486 e. The van der Waals surface area contributed by atoms with Gasteiger partial charge in [0.05, 0.1) is 10.4 Å². The number of carboxylic acid groups (broad SMARTS) is 1. The van der Waals surface area contributed by atoms with Crippen molar-refractivity contribution in [2.75, 3.05) is 13.2 Å². The van der Waals surface area contributed by atoms with E-state index in [9.17, 15) is 4.79 Å². The molecule has 1 fully saturated rings. The van der Waals surface area contributed by atoms with E-state index >= 15 is 0 Å². The smallest absolute Gasteiger partial charge is 0.306 e. The Labute approximate surface area is 138 Å². The van der Waals surface area contributed by atoms with E-state index in [1.165, 1.54) is 0 Å². The zero-order chi connectivity index (χ0) is 15.5. The number of hydrogen-bond donors (Lipinski definition) is 2. The fourth-order valence-corrected chi connectivity index (χ4v) is 3.68. The number of carbonyl (C=O) groups is 1. The highest BCUT2D eigenvalue weighted by Gasteiger charge is 2.25. The van der Waals surface area contributed by atoms with Gasteiger partial charge < -0.3 is 19.9 Å². The minimum absolute atomic E-state index is 0.165. The SMILES string of the molecule is O=C(O)C1CCC(NCc2cc(Br)c3c(c2)OCCO3)CC1. The zero-order valence-electron chi connectivity index (χ0n) is 12.3. The van der Waals surface area contributed by atoms with Crippen molar-refractivity contribution < 1.29 is 19.4 Å². The summed E-state index contributed by atoms with van der Waals surface area (Å²) < 4.78 is 12.1. The van der Waals surface area contributed by atoms with E-state index < -0.39 is 5.97 Å². The molecule has 0 amide bonds. The maximum absolute atomic E-state index is 11.0. The molecular weight excluding hydrogens is 350 g/mol. The average molecular weight is 370 g/mol. The lowest BCUT2D eigenvalue weighted by molar-refractivity contribution is -0.142. The third-order valence-electron chi connectivity index (χ3n) is 4.33. The molecule has 120 valence electrons. The Morgan fingerprint density at radius 1 is 1.23 bits per heavy atom. The maximum Gasteiger partial charge on any atom is 0.306 e. The topological polar surface area (TPSA) is 67.8 Å². The Balaban J connectivity index is 1.56. The fraction of sp³-hybridized carbons (Fsp3) is 0.562. The summed E-state index contributed by atoms with van der Waals surface area (Å²) in [5.41, 5.74) is 1.14. The standard InChI is InChI=1S/C16H20BrNO4/c17-13-7-10(8-14-15(13)22-6-5-21-14)9-18-12-3-1-11(2-4-12)16(19)20/h7-8,11-12,18H,1-6,9H2,(H,19,20). The van der Waals surface area contributed by atoms with Gasteiger partial charge in [-0.2, -0.15) is 0 Å². The van der Waals surface area contributed by atoms with Crippen LogP contribution in [-0.2, 0) is 11.3 Å². The Morgan fingerprint density at radius 2 is 1.95 bits per heavy atom. The van der Waals surface area contributed by atoms with Crippen LogP contribution in [0.1, 0.15) is 31.2 Å². The number of benzene rings is 1. The van der Waals surface area contributed by atoms with Crippen LogP contribution >= 0.6 is 15.9 Å². The number of carboxylic acids is 1. The van der Waals surface area contributed by atoms with Gasteiger partial charge in [0, 0.05) is 12.6 Å². The van der Waals surface area contributed by atoms with Crippen molar-refractivity contribution in [1.29, 1.82) is 0 Å². The number of fused-ring (bicyclic) bond motifs is 1. The summed E-state index contributed by atoms with van der Waals surface area (Å²) in [6, 6.07) is 4.45. The van der Waals surface area contributed by atoms with Crippen molar-refractivity contribution in [2.24, 2.45) is 5.92 Å². The second kappa shape index (κ2) is 6.87. The summed E-state index contributed by atoms with van der Waals surface area (Å²) in [5, 5.41) is 12.5. The van der Waals surface area contributed by atoms with Crippen molar-refractivity contribution >= 4 is 21.9 Å². The maximum atomic E-state index is 11.0. The van der Waals surface area contributed by atoms with Gasteiger partial charge in [-0.25, -0.2) is 0 Å². The molecule has 2 aliphatic rings. The van der Waals surface area contributed by atoms with E-state index in [1.807, 2.05) is 12.1 Å². The molecule has 3 rings (SSSR count). The molecule has 0 saturated heterocycles. The second-order valence-electron chi connectivity index (χ2n) is 5.87. The van der Waals surface area contributed by atoms with E-state index in [0.29, 0.717) is 19.3 Å². The molecule has 0 aromatic heterocycles. The van der Waals surface area contributed by atoms with Gasteiger partial charge in [-0.1, -0.05) is 0 Å². The van der Waals surface area contributed by atoms with E-state index in [1.54, 1.807) is 0 Å². The third kappa shape index (κ3) is 3.55. The molecule has 1 aromatic rings. The minimum atomic E-state index is -0.658. The first-order chi connectivity index (χ1) is 10.6. The lowest BCUT2D eigenvalue weighted by Gasteiger charge is -2.27. The van der Waals surface area contributed by atoms with Crippen LogP contribution in [0.15, 0.2) is 16.6 Å². The Kier molecular flexibility index (Phi) is 4.88. The summed E-state index contributed by atoms with van der Waals surface area (Å²) in [6.45, 7) is 1.91. The average Bonchev–Trinajstić information content (AvgIpc) is 2.53. The molecule has 2 N–H and O–H groups in total. The molecule has 5 nitrogen and oxygen atoms in total. The highest BCUT2D eigenvalue weighted by Crippen LogP contribution is 2.38. The first-order valence-corrected chi connectivity index (χ1v) is 8.47. The minimum Gasteiger partial charge on any atom is -0.486 e. The highest BCUT2D eigenvalue weighted by atomic mass is 79.9. The summed E-state index contributed by atoms with van der Waals surface area (Å²) in [6.07, 6.45) is 3.36. The monoisotopic (exact) mass is 369 g/mol. The van der Waals surface area contributed by atoms with Crippen LogP contribution in [-0.4, -0.2) is 30.3 Å². The number of nitrogens with one attached hydrogen (secondary N) is 1. The van der Waals surface area contributed by atoms with Gasteiger partial charge in [-0.05, 0) is 59.3 Å². The van der Waals surface area contributed by atoms with Crippen LogP contribution in [0.4, 0.5) is 0 Å². The van der Waals surface area contributed by atoms with Crippen LogP contribution in [0, 0.1) is 5.92 Å². The second-order valence-corrected chi connectivity index (χ2v) is 6.72. The molecule has 0 radical (unpaired) electrons.